The van der Waals surface area contributed by atoms with Crippen LogP contribution in [0.25, 0.3) is 0 Å². The van der Waals surface area contributed by atoms with Gasteiger partial charge >= 0.3 is 12.0 Å². The first-order chi connectivity index (χ1) is 9.85. The van der Waals surface area contributed by atoms with E-state index in [0.29, 0.717) is 32.0 Å². The number of carbonyl (C=O) groups excluding carboxylic acids is 1. The molecule has 2 amide bonds. The molecule has 120 valence electrons. The Bertz CT molecular complexity index is 410. The molecular weight excluding hydrogens is 272 g/mol. The number of carboxylic acids is 1. The van der Waals surface area contributed by atoms with E-state index in [1.807, 2.05) is 13.8 Å². The molecular formula is C15H26N2O4. The minimum absolute atomic E-state index is 0.184. The molecule has 2 rings (SSSR count). The van der Waals surface area contributed by atoms with E-state index in [9.17, 15) is 9.59 Å². The lowest BCUT2D eigenvalue weighted by molar-refractivity contribution is -0.143. The summed E-state index contributed by atoms with van der Waals surface area (Å²) >= 11 is 0. The summed E-state index contributed by atoms with van der Waals surface area (Å²) in [6.07, 6.45) is 2.92. The van der Waals surface area contributed by atoms with Gasteiger partial charge in [-0.25, -0.2) is 4.79 Å². The Kier molecular flexibility index (Phi) is 4.76. The lowest BCUT2D eigenvalue weighted by Crippen LogP contribution is -2.52. The molecule has 3 atom stereocenters. The van der Waals surface area contributed by atoms with Crippen LogP contribution >= 0.6 is 0 Å². The maximum Gasteiger partial charge on any atom is 0.317 e. The summed E-state index contributed by atoms with van der Waals surface area (Å²) in [4.78, 5) is 25.1. The van der Waals surface area contributed by atoms with E-state index < -0.39 is 11.9 Å². The zero-order valence-electron chi connectivity index (χ0n) is 13.1. The van der Waals surface area contributed by atoms with Crippen LogP contribution in [0.2, 0.25) is 0 Å². The first-order valence-electron chi connectivity index (χ1n) is 7.66. The summed E-state index contributed by atoms with van der Waals surface area (Å²) in [5, 5.41) is 12.1. The van der Waals surface area contributed by atoms with Gasteiger partial charge in [-0.2, -0.15) is 0 Å². The van der Waals surface area contributed by atoms with Crippen molar-refractivity contribution in [3.63, 3.8) is 0 Å². The van der Waals surface area contributed by atoms with Crippen molar-refractivity contribution in [2.45, 2.75) is 38.7 Å². The minimum Gasteiger partial charge on any atom is -0.481 e. The van der Waals surface area contributed by atoms with Crippen LogP contribution in [0.4, 0.5) is 4.79 Å². The van der Waals surface area contributed by atoms with Gasteiger partial charge in [0.25, 0.3) is 0 Å². The summed E-state index contributed by atoms with van der Waals surface area (Å²) in [5.41, 5.74) is -0.316. The van der Waals surface area contributed by atoms with Crippen LogP contribution in [0.3, 0.4) is 0 Å². The maximum atomic E-state index is 12.3. The number of rotatable bonds is 5. The number of methoxy groups -OCH3 is 1. The van der Waals surface area contributed by atoms with Crippen LogP contribution < -0.4 is 5.32 Å². The molecule has 1 heterocycles. The van der Waals surface area contributed by atoms with Crippen molar-refractivity contribution in [1.29, 1.82) is 0 Å². The largest absolute Gasteiger partial charge is 0.481 e. The number of nitrogens with one attached hydrogen (secondary N) is 1. The van der Waals surface area contributed by atoms with Crippen molar-refractivity contribution >= 4 is 12.0 Å². The number of carbonyl (C=O) groups is 2. The molecule has 1 aliphatic heterocycles. The van der Waals surface area contributed by atoms with E-state index in [1.165, 1.54) is 0 Å². The monoisotopic (exact) mass is 298 g/mol. The molecule has 6 nitrogen and oxygen atoms in total. The highest BCUT2D eigenvalue weighted by Gasteiger charge is 2.42. The Morgan fingerprint density at radius 2 is 2.05 bits per heavy atom. The molecule has 21 heavy (non-hydrogen) atoms. The predicted molar refractivity (Wildman–Crippen MR) is 78.0 cm³/mol. The molecule has 0 spiro atoms. The zero-order chi connectivity index (χ0) is 15.6. The van der Waals surface area contributed by atoms with E-state index in [1.54, 1.807) is 12.0 Å². The summed E-state index contributed by atoms with van der Waals surface area (Å²) in [7, 11) is 1.67. The Morgan fingerprint density at radius 3 is 2.57 bits per heavy atom. The Morgan fingerprint density at radius 1 is 1.38 bits per heavy atom. The molecule has 0 aromatic rings. The predicted octanol–water partition coefficient (Wildman–Crippen LogP) is 1.55. The number of aliphatic carboxylic acids is 1. The number of likely N-dealkylation sites (tertiary alicyclic amines) is 1. The topological polar surface area (TPSA) is 78.9 Å². The van der Waals surface area contributed by atoms with Gasteiger partial charge in [0, 0.05) is 26.7 Å². The molecule has 1 saturated carbocycles. The molecule has 3 unspecified atom stereocenters. The Hall–Kier alpha value is -1.30. The second kappa shape index (κ2) is 6.22. The third kappa shape index (κ3) is 3.87. The van der Waals surface area contributed by atoms with Crippen LogP contribution in [-0.4, -0.2) is 54.4 Å². The Balaban J connectivity index is 1.88. The lowest BCUT2D eigenvalue weighted by Gasteiger charge is -2.36. The number of hydrogen-bond acceptors (Lipinski definition) is 3. The number of nitrogens with zero attached hydrogens (tertiary/aromatic N) is 1. The molecule has 0 aromatic heterocycles. The lowest BCUT2D eigenvalue weighted by atomic mass is 9.91. The molecule has 2 aliphatic rings. The van der Waals surface area contributed by atoms with E-state index in [-0.39, 0.29) is 17.6 Å². The third-order valence-electron chi connectivity index (χ3n) is 4.79. The number of hydrogen-bond donors (Lipinski definition) is 2. The van der Waals surface area contributed by atoms with Crippen molar-refractivity contribution in [3.05, 3.63) is 0 Å². The van der Waals surface area contributed by atoms with Gasteiger partial charge in [0.15, 0.2) is 0 Å². The fourth-order valence-electron chi connectivity index (χ4n) is 3.14. The fraction of sp³-hybridized carbons (Fsp3) is 0.867. The van der Waals surface area contributed by atoms with Gasteiger partial charge in [-0.1, -0.05) is 6.92 Å². The number of carboxylic acid groups (broad SMARTS) is 1. The first kappa shape index (κ1) is 16.1. The molecule has 0 bridgehead atoms. The molecule has 0 radical (unpaired) electrons. The van der Waals surface area contributed by atoms with E-state index in [2.05, 4.69) is 5.32 Å². The summed E-state index contributed by atoms with van der Waals surface area (Å²) < 4.78 is 5.55. The van der Waals surface area contributed by atoms with E-state index in [4.69, 9.17) is 9.84 Å². The van der Waals surface area contributed by atoms with Gasteiger partial charge in [0.05, 0.1) is 11.5 Å². The summed E-state index contributed by atoms with van der Waals surface area (Å²) in [5.74, 6) is -0.562. The van der Waals surface area contributed by atoms with Crippen molar-refractivity contribution in [3.8, 4) is 0 Å². The van der Waals surface area contributed by atoms with Gasteiger partial charge in [0.1, 0.15) is 0 Å². The smallest absolute Gasteiger partial charge is 0.317 e. The maximum absolute atomic E-state index is 12.3. The quantitative estimate of drug-likeness (QED) is 0.807. The van der Waals surface area contributed by atoms with Crippen LogP contribution in [0, 0.1) is 17.8 Å². The highest BCUT2D eigenvalue weighted by molar-refractivity contribution is 5.76. The van der Waals surface area contributed by atoms with E-state index >= 15 is 0 Å². The fourth-order valence-corrected chi connectivity index (χ4v) is 3.14. The van der Waals surface area contributed by atoms with Crippen molar-refractivity contribution in [2.24, 2.45) is 17.8 Å². The van der Waals surface area contributed by atoms with Crippen molar-refractivity contribution in [2.75, 3.05) is 26.7 Å². The zero-order valence-corrected chi connectivity index (χ0v) is 13.1. The first-order valence-corrected chi connectivity index (χ1v) is 7.66. The normalized spacial score (nSPS) is 28.8. The molecule has 1 aliphatic carbocycles. The van der Waals surface area contributed by atoms with Crippen molar-refractivity contribution < 1.29 is 19.4 Å². The van der Waals surface area contributed by atoms with Gasteiger partial charge in [0.2, 0.25) is 0 Å². The van der Waals surface area contributed by atoms with E-state index in [0.717, 1.165) is 12.8 Å². The standard InChI is InChI=1S/C15H26N2O4/c1-10-6-11(13(18)19)8-17(7-10)14(20)16-9-15(2,21-3)12-4-5-12/h10-12H,4-9H2,1-3H3,(H,16,20)(H,18,19). The second-order valence-electron chi connectivity index (χ2n) is 6.73. The highest BCUT2D eigenvalue weighted by Crippen LogP contribution is 2.41. The molecule has 6 heteroatoms. The van der Waals surface area contributed by atoms with Gasteiger partial charge in [-0.3, -0.25) is 4.79 Å². The van der Waals surface area contributed by atoms with Gasteiger partial charge in [-0.15, -0.1) is 0 Å². The Labute approximate surface area is 125 Å². The van der Waals surface area contributed by atoms with Crippen LogP contribution in [0.1, 0.15) is 33.1 Å². The average Bonchev–Trinajstić information content (AvgIpc) is 3.28. The third-order valence-corrected chi connectivity index (χ3v) is 4.79. The molecule has 0 aromatic carbocycles. The van der Waals surface area contributed by atoms with Crippen molar-refractivity contribution in [1.82, 2.24) is 10.2 Å². The number of urea groups is 1. The number of ether oxygens (including phenoxy) is 1. The molecule has 2 N–H and O–H groups in total. The van der Waals surface area contributed by atoms with Gasteiger partial charge in [-0.05, 0) is 38.0 Å². The van der Waals surface area contributed by atoms with Crippen LogP contribution in [-0.2, 0) is 9.53 Å². The molecule has 1 saturated heterocycles. The SMILES string of the molecule is COC(C)(CNC(=O)N1CC(C)CC(C(=O)O)C1)C1CC1. The average molecular weight is 298 g/mol. The van der Waals surface area contributed by atoms with Gasteiger partial charge < -0.3 is 20.1 Å². The summed E-state index contributed by atoms with van der Waals surface area (Å²) in [6, 6.07) is -0.184. The summed E-state index contributed by atoms with van der Waals surface area (Å²) in [6.45, 7) is 5.37. The second-order valence-corrected chi connectivity index (χ2v) is 6.73. The van der Waals surface area contributed by atoms with Crippen LogP contribution in [0.15, 0.2) is 0 Å². The van der Waals surface area contributed by atoms with Crippen LogP contribution in [0.5, 0.6) is 0 Å². The highest BCUT2D eigenvalue weighted by atomic mass is 16.5. The number of amides is 2. The molecule has 2 fully saturated rings. The number of piperidine rings is 1. The minimum atomic E-state index is -0.820.